The number of rotatable bonds is 9. The summed E-state index contributed by atoms with van der Waals surface area (Å²) in [4.78, 5) is 0. The van der Waals surface area contributed by atoms with Gasteiger partial charge in [-0.25, -0.2) is 13.1 Å². The second-order valence-electron chi connectivity index (χ2n) is 4.56. The topological polar surface area (TPSA) is 89.2 Å². The molecule has 0 amide bonds. The molecule has 2 N–H and O–H groups in total. The van der Waals surface area contributed by atoms with E-state index in [1.807, 2.05) is 0 Å². The summed E-state index contributed by atoms with van der Waals surface area (Å²) in [6, 6.07) is 4.93. The van der Waals surface area contributed by atoms with E-state index in [0.717, 1.165) is 13.0 Å². The first-order valence-corrected chi connectivity index (χ1v) is 8.36. The highest BCUT2D eigenvalue weighted by Gasteiger charge is 2.18. The van der Waals surface area contributed by atoms with Gasteiger partial charge in [0.15, 0.2) is 0 Å². The Morgan fingerprint density at radius 2 is 2.19 bits per heavy atom. The van der Waals surface area contributed by atoms with E-state index in [4.69, 9.17) is 4.42 Å². The maximum absolute atomic E-state index is 12.0. The molecule has 2 aromatic rings. The van der Waals surface area contributed by atoms with Crippen LogP contribution in [0, 0.1) is 0 Å². The number of hydrogen-bond acceptors (Lipinski definition) is 5. The fourth-order valence-corrected chi connectivity index (χ4v) is 2.75. The highest BCUT2D eigenvalue weighted by atomic mass is 32.2. The third kappa shape index (κ3) is 4.69. The summed E-state index contributed by atoms with van der Waals surface area (Å²) < 4.78 is 33.6. The Bertz CT molecular complexity index is 634. The molecule has 0 aromatic carbocycles. The predicted molar refractivity (Wildman–Crippen MR) is 78.1 cm³/mol. The van der Waals surface area contributed by atoms with E-state index in [1.165, 1.54) is 6.07 Å². The lowest BCUT2D eigenvalue weighted by Crippen LogP contribution is -2.27. The molecule has 0 spiro atoms. The van der Waals surface area contributed by atoms with Crippen LogP contribution in [-0.2, 0) is 23.1 Å². The third-order valence-electron chi connectivity index (χ3n) is 2.82. The molecule has 8 heteroatoms. The van der Waals surface area contributed by atoms with Gasteiger partial charge in [-0.1, -0.05) is 6.92 Å². The van der Waals surface area contributed by atoms with Crippen molar-refractivity contribution in [1.29, 1.82) is 0 Å². The SMILES string of the molecule is CCCNCc1ccc(S(=O)(=O)NCCn2cccn2)o1. The summed E-state index contributed by atoms with van der Waals surface area (Å²) in [6.45, 7) is 4.18. The molecule has 116 valence electrons. The van der Waals surface area contributed by atoms with Gasteiger partial charge in [-0.3, -0.25) is 4.68 Å². The standard InChI is InChI=1S/C13H20N4O3S/c1-2-6-14-11-12-4-5-13(20-12)21(18,19)16-8-10-17-9-3-7-15-17/h3-5,7,9,14,16H,2,6,8,10-11H2,1H3. The number of nitrogens with zero attached hydrogens (tertiary/aromatic N) is 2. The zero-order chi connectivity index (χ0) is 15.1. The summed E-state index contributed by atoms with van der Waals surface area (Å²) in [7, 11) is -3.61. The summed E-state index contributed by atoms with van der Waals surface area (Å²) in [6.07, 6.45) is 4.44. The number of aromatic nitrogens is 2. The van der Waals surface area contributed by atoms with Crippen LogP contribution in [0.15, 0.2) is 40.1 Å². The molecule has 0 fully saturated rings. The minimum Gasteiger partial charge on any atom is -0.447 e. The van der Waals surface area contributed by atoms with Crippen molar-refractivity contribution in [2.45, 2.75) is 31.5 Å². The van der Waals surface area contributed by atoms with Gasteiger partial charge in [0.05, 0.1) is 13.1 Å². The lowest BCUT2D eigenvalue weighted by atomic mass is 10.4. The average Bonchev–Trinajstić information content (AvgIpc) is 3.10. The van der Waals surface area contributed by atoms with Crippen LogP contribution in [0.1, 0.15) is 19.1 Å². The van der Waals surface area contributed by atoms with Gasteiger partial charge in [0, 0.05) is 18.9 Å². The Morgan fingerprint density at radius 3 is 2.90 bits per heavy atom. The molecule has 0 radical (unpaired) electrons. The van der Waals surface area contributed by atoms with Gasteiger partial charge >= 0.3 is 0 Å². The fraction of sp³-hybridized carbons (Fsp3) is 0.462. The molecule has 2 rings (SSSR count). The van der Waals surface area contributed by atoms with Gasteiger partial charge in [0.2, 0.25) is 5.09 Å². The van der Waals surface area contributed by atoms with Crippen LogP contribution in [0.5, 0.6) is 0 Å². The van der Waals surface area contributed by atoms with Gasteiger partial charge in [0.1, 0.15) is 5.76 Å². The van der Waals surface area contributed by atoms with Crippen LogP contribution in [0.2, 0.25) is 0 Å². The largest absolute Gasteiger partial charge is 0.447 e. The molecule has 0 bridgehead atoms. The van der Waals surface area contributed by atoms with E-state index in [0.29, 0.717) is 18.8 Å². The van der Waals surface area contributed by atoms with Crippen molar-refractivity contribution in [1.82, 2.24) is 19.8 Å². The zero-order valence-corrected chi connectivity index (χ0v) is 12.8. The van der Waals surface area contributed by atoms with Crippen LogP contribution in [0.25, 0.3) is 0 Å². The molecule has 0 saturated heterocycles. The third-order valence-corrected chi connectivity index (χ3v) is 4.15. The lowest BCUT2D eigenvalue weighted by molar-refractivity contribution is 0.399. The van der Waals surface area contributed by atoms with E-state index < -0.39 is 10.0 Å². The molecular formula is C13H20N4O3S. The first kappa shape index (κ1) is 15.7. The second kappa shape index (κ2) is 7.39. The minimum absolute atomic E-state index is 0.0590. The first-order valence-electron chi connectivity index (χ1n) is 6.88. The van der Waals surface area contributed by atoms with Crippen LogP contribution in [0.3, 0.4) is 0 Å². The first-order chi connectivity index (χ1) is 10.1. The quantitative estimate of drug-likeness (QED) is 0.673. The van der Waals surface area contributed by atoms with E-state index in [1.54, 1.807) is 29.2 Å². The molecule has 0 atom stereocenters. The van der Waals surface area contributed by atoms with Crippen LogP contribution in [-0.4, -0.2) is 31.3 Å². The van der Waals surface area contributed by atoms with E-state index >= 15 is 0 Å². The monoisotopic (exact) mass is 312 g/mol. The van der Waals surface area contributed by atoms with Crippen molar-refractivity contribution < 1.29 is 12.8 Å². The molecule has 0 aliphatic heterocycles. The number of sulfonamides is 1. The Morgan fingerprint density at radius 1 is 1.33 bits per heavy atom. The molecular weight excluding hydrogens is 292 g/mol. The fourth-order valence-electron chi connectivity index (χ4n) is 1.78. The maximum Gasteiger partial charge on any atom is 0.274 e. The van der Waals surface area contributed by atoms with Gasteiger partial charge in [-0.15, -0.1) is 0 Å². The zero-order valence-electron chi connectivity index (χ0n) is 11.9. The summed E-state index contributed by atoms with van der Waals surface area (Å²) in [5.41, 5.74) is 0. The molecule has 2 heterocycles. The molecule has 0 aliphatic carbocycles. The van der Waals surface area contributed by atoms with Gasteiger partial charge in [-0.05, 0) is 31.2 Å². The van der Waals surface area contributed by atoms with Gasteiger partial charge in [-0.2, -0.15) is 5.10 Å². The normalized spacial score (nSPS) is 11.9. The van der Waals surface area contributed by atoms with Crippen molar-refractivity contribution in [3.8, 4) is 0 Å². The summed E-state index contributed by atoms with van der Waals surface area (Å²) in [5.74, 6) is 0.607. The minimum atomic E-state index is -3.61. The van der Waals surface area contributed by atoms with Crippen molar-refractivity contribution in [2.75, 3.05) is 13.1 Å². The summed E-state index contributed by atoms with van der Waals surface area (Å²) >= 11 is 0. The van der Waals surface area contributed by atoms with Crippen LogP contribution >= 0.6 is 0 Å². The van der Waals surface area contributed by atoms with Crippen molar-refractivity contribution in [3.63, 3.8) is 0 Å². The molecule has 0 unspecified atom stereocenters. The van der Waals surface area contributed by atoms with Crippen molar-refractivity contribution in [3.05, 3.63) is 36.4 Å². The number of nitrogens with one attached hydrogen (secondary N) is 2. The van der Waals surface area contributed by atoms with Crippen molar-refractivity contribution >= 4 is 10.0 Å². The smallest absolute Gasteiger partial charge is 0.274 e. The molecule has 2 aromatic heterocycles. The molecule has 21 heavy (non-hydrogen) atoms. The van der Waals surface area contributed by atoms with E-state index in [-0.39, 0.29) is 11.6 Å². The Hall–Kier alpha value is -1.64. The summed E-state index contributed by atoms with van der Waals surface area (Å²) in [5, 5.41) is 7.10. The Balaban J connectivity index is 1.86. The molecule has 0 saturated carbocycles. The van der Waals surface area contributed by atoms with Crippen LogP contribution in [0.4, 0.5) is 0 Å². The van der Waals surface area contributed by atoms with Crippen molar-refractivity contribution in [2.24, 2.45) is 0 Å². The average molecular weight is 312 g/mol. The number of furan rings is 1. The lowest BCUT2D eigenvalue weighted by Gasteiger charge is -2.04. The molecule has 0 aliphatic rings. The second-order valence-corrected chi connectivity index (χ2v) is 6.26. The highest BCUT2D eigenvalue weighted by molar-refractivity contribution is 7.89. The highest BCUT2D eigenvalue weighted by Crippen LogP contribution is 2.13. The van der Waals surface area contributed by atoms with Crippen LogP contribution < -0.4 is 10.0 Å². The van der Waals surface area contributed by atoms with Gasteiger partial charge < -0.3 is 9.73 Å². The Labute approximate surface area is 124 Å². The van der Waals surface area contributed by atoms with Gasteiger partial charge in [0.25, 0.3) is 10.0 Å². The Kier molecular flexibility index (Phi) is 5.54. The maximum atomic E-state index is 12.0. The molecule has 7 nitrogen and oxygen atoms in total. The number of hydrogen-bond donors (Lipinski definition) is 2. The van der Waals surface area contributed by atoms with E-state index in [2.05, 4.69) is 22.1 Å². The predicted octanol–water partition coefficient (Wildman–Crippen LogP) is 0.954. The van der Waals surface area contributed by atoms with E-state index in [9.17, 15) is 8.42 Å².